The summed E-state index contributed by atoms with van der Waals surface area (Å²) in [6, 6.07) is 7.65. The Balaban J connectivity index is 1.43. The van der Waals surface area contributed by atoms with E-state index in [-0.39, 0.29) is 11.3 Å². The van der Waals surface area contributed by atoms with Crippen molar-refractivity contribution < 1.29 is 19.5 Å². The molecule has 4 rings (SSSR count). The zero-order chi connectivity index (χ0) is 20.6. The summed E-state index contributed by atoms with van der Waals surface area (Å²) in [5, 5.41) is 9.22. The zero-order valence-corrected chi connectivity index (χ0v) is 17.3. The Kier molecular flexibility index (Phi) is 5.53. The largest absolute Gasteiger partial charge is 0.497 e. The average Bonchev–Trinajstić information content (AvgIpc) is 3.50. The minimum atomic E-state index is -0.498. The van der Waals surface area contributed by atoms with Gasteiger partial charge in [0.15, 0.2) is 0 Å². The highest BCUT2D eigenvalue weighted by Gasteiger charge is 2.55. The lowest BCUT2D eigenvalue weighted by molar-refractivity contribution is -0.151. The number of carbonyl (C=O) groups is 2. The Bertz CT molecular complexity index is 771. The van der Waals surface area contributed by atoms with Crippen LogP contribution in [0, 0.1) is 11.3 Å². The van der Waals surface area contributed by atoms with Crippen LogP contribution < -0.4 is 10.2 Å². The van der Waals surface area contributed by atoms with E-state index < -0.39 is 17.9 Å². The Morgan fingerprint density at radius 1 is 1.24 bits per heavy atom. The number of hydrogen-bond donors (Lipinski definition) is 2. The van der Waals surface area contributed by atoms with Crippen molar-refractivity contribution in [2.75, 3.05) is 33.8 Å². The molecule has 1 aromatic carbocycles. The first-order chi connectivity index (χ1) is 14.0. The van der Waals surface area contributed by atoms with Crippen LogP contribution in [-0.4, -0.2) is 66.7 Å². The van der Waals surface area contributed by atoms with Crippen molar-refractivity contribution in [3.05, 3.63) is 29.8 Å². The Morgan fingerprint density at radius 3 is 2.59 bits per heavy atom. The van der Waals surface area contributed by atoms with Gasteiger partial charge in [-0.2, -0.15) is 0 Å². The Labute approximate surface area is 172 Å². The molecule has 29 heavy (non-hydrogen) atoms. The van der Waals surface area contributed by atoms with Crippen LogP contribution in [0.4, 0.5) is 0 Å². The minimum absolute atomic E-state index is 0.0145. The molecule has 0 radical (unpaired) electrons. The second kappa shape index (κ2) is 7.95. The van der Waals surface area contributed by atoms with Crippen LogP contribution >= 0.6 is 0 Å². The second-order valence-corrected chi connectivity index (χ2v) is 9.02. The summed E-state index contributed by atoms with van der Waals surface area (Å²) in [5.74, 6) is 0.346. The smallest absolute Gasteiger partial charge is 0.248 e. The van der Waals surface area contributed by atoms with Crippen LogP contribution in [0.15, 0.2) is 24.3 Å². The predicted octanol–water partition coefficient (Wildman–Crippen LogP) is 2.01. The number of benzene rings is 1. The maximum Gasteiger partial charge on any atom is 0.248 e. The number of likely N-dealkylation sites (N-methyl/N-ethyl adjacent to an activating group) is 1. The van der Waals surface area contributed by atoms with Crippen LogP contribution in [0.3, 0.4) is 0 Å². The molecule has 158 valence electrons. The first-order valence-electron chi connectivity index (χ1n) is 10.5. The fraction of sp³-hybridized carbons (Fsp3) is 0.636. The number of piperidine rings is 2. The first kappa shape index (κ1) is 20.2. The number of likely N-dealkylation sites (tertiary alicyclic amines) is 2. The van der Waals surface area contributed by atoms with Gasteiger partial charge in [0.25, 0.3) is 0 Å². The highest BCUT2D eigenvalue weighted by Crippen LogP contribution is 2.54. The molecule has 7 nitrogen and oxygen atoms in total. The van der Waals surface area contributed by atoms with Gasteiger partial charge in [0.05, 0.1) is 13.0 Å². The maximum atomic E-state index is 13.4. The first-order valence-corrected chi connectivity index (χ1v) is 10.5. The van der Waals surface area contributed by atoms with Gasteiger partial charge in [-0.05, 0) is 68.2 Å². The van der Waals surface area contributed by atoms with Gasteiger partial charge < -0.3 is 9.64 Å². The van der Waals surface area contributed by atoms with Crippen LogP contribution in [0.2, 0.25) is 0 Å². The summed E-state index contributed by atoms with van der Waals surface area (Å²) in [4.78, 5) is 29.7. The quantitative estimate of drug-likeness (QED) is 0.596. The number of methoxy groups -OCH3 is 1. The number of hydrogen-bond acceptors (Lipinski definition) is 5. The summed E-state index contributed by atoms with van der Waals surface area (Å²) in [6.45, 7) is 2.21. The topological polar surface area (TPSA) is 82.1 Å². The molecule has 0 unspecified atom stereocenters. The van der Waals surface area contributed by atoms with Gasteiger partial charge >= 0.3 is 0 Å². The van der Waals surface area contributed by atoms with Crippen molar-refractivity contribution >= 4 is 11.8 Å². The van der Waals surface area contributed by atoms with Gasteiger partial charge in [0.1, 0.15) is 11.8 Å². The summed E-state index contributed by atoms with van der Waals surface area (Å²) >= 11 is 0. The van der Waals surface area contributed by atoms with Crippen molar-refractivity contribution in [3.63, 3.8) is 0 Å². The number of rotatable bonds is 4. The number of hydroxylamine groups is 1. The van der Waals surface area contributed by atoms with E-state index in [1.807, 2.05) is 29.0 Å². The summed E-state index contributed by atoms with van der Waals surface area (Å²) in [5.41, 5.74) is 3.20. The molecule has 1 saturated carbocycles. The minimum Gasteiger partial charge on any atom is -0.497 e. The zero-order valence-electron chi connectivity index (χ0n) is 17.3. The van der Waals surface area contributed by atoms with E-state index in [1.165, 1.54) is 5.56 Å². The van der Waals surface area contributed by atoms with Crippen LogP contribution in [-0.2, 0) is 9.59 Å². The monoisotopic (exact) mass is 401 g/mol. The van der Waals surface area contributed by atoms with Gasteiger partial charge in [0, 0.05) is 19.6 Å². The summed E-state index contributed by atoms with van der Waals surface area (Å²) < 4.78 is 5.33. The molecule has 3 aliphatic rings. The molecule has 0 bridgehead atoms. The van der Waals surface area contributed by atoms with Gasteiger partial charge in [-0.15, -0.1) is 0 Å². The molecule has 2 amide bonds. The second-order valence-electron chi connectivity index (χ2n) is 9.02. The molecule has 2 N–H and O–H groups in total. The van der Waals surface area contributed by atoms with Gasteiger partial charge in [-0.1, -0.05) is 12.1 Å². The number of amides is 2. The lowest BCUT2D eigenvalue weighted by Crippen LogP contribution is -2.59. The number of ether oxygens (including phenoxy) is 1. The van der Waals surface area contributed by atoms with Gasteiger partial charge in [0.2, 0.25) is 11.8 Å². The highest BCUT2D eigenvalue weighted by atomic mass is 16.5. The number of nitrogens with zero attached hydrogens (tertiary/aromatic N) is 2. The molecule has 2 atom stereocenters. The van der Waals surface area contributed by atoms with Crippen molar-refractivity contribution in [2.45, 2.75) is 44.1 Å². The van der Waals surface area contributed by atoms with E-state index in [9.17, 15) is 14.8 Å². The normalized spacial score (nSPS) is 26.9. The summed E-state index contributed by atoms with van der Waals surface area (Å²) in [6.07, 6.45) is 4.67. The van der Waals surface area contributed by atoms with Gasteiger partial charge in [-0.3, -0.25) is 19.7 Å². The molecule has 1 aromatic rings. The van der Waals surface area contributed by atoms with Crippen molar-refractivity contribution in [2.24, 2.45) is 11.3 Å². The number of nitrogens with one attached hydrogen (secondary N) is 1. The molecule has 1 spiro atoms. The molecule has 7 heteroatoms. The van der Waals surface area contributed by atoms with E-state index in [0.717, 1.165) is 38.0 Å². The van der Waals surface area contributed by atoms with Crippen molar-refractivity contribution in [3.8, 4) is 5.75 Å². The average molecular weight is 402 g/mol. The fourth-order valence-electron chi connectivity index (χ4n) is 5.31. The highest BCUT2D eigenvalue weighted by molar-refractivity contribution is 5.90. The number of carbonyl (C=O) groups excluding carboxylic acids is 2. The SMILES string of the molecule is COc1cccc(C2CCN(C(=O)[C@@H]3[C@@H](C(=O)NO)CC4(CC4)CN3C)CC2)c1. The van der Waals surface area contributed by atoms with E-state index in [1.54, 1.807) is 12.6 Å². The fourth-order valence-corrected chi connectivity index (χ4v) is 5.31. The molecule has 1 aliphatic carbocycles. The molecular weight excluding hydrogens is 370 g/mol. The van der Waals surface area contributed by atoms with Gasteiger partial charge in [-0.25, -0.2) is 5.48 Å². The molecular formula is C22H31N3O4. The molecule has 2 aliphatic heterocycles. The van der Waals surface area contributed by atoms with Crippen LogP contribution in [0.25, 0.3) is 0 Å². The van der Waals surface area contributed by atoms with E-state index >= 15 is 0 Å². The van der Waals surface area contributed by atoms with Crippen molar-refractivity contribution in [1.82, 2.24) is 15.3 Å². The predicted molar refractivity (Wildman–Crippen MR) is 108 cm³/mol. The van der Waals surface area contributed by atoms with E-state index in [0.29, 0.717) is 25.4 Å². The third-order valence-corrected chi connectivity index (χ3v) is 7.12. The summed E-state index contributed by atoms with van der Waals surface area (Å²) in [7, 11) is 3.61. The van der Waals surface area contributed by atoms with Crippen molar-refractivity contribution in [1.29, 1.82) is 0 Å². The third kappa shape index (κ3) is 3.98. The van der Waals surface area contributed by atoms with Crippen LogP contribution in [0.1, 0.15) is 43.6 Å². The third-order valence-electron chi connectivity index (χ3n) is 7.12. The Hall–Kier alpha value is -2.12. The lowest BCUT2D eigenvalue weighted by Gasteiger charge is -2.44. The molecule has 0 aromatic heterocycles. The lowest BCUT2D eigenvalue weighted by atomic mass is 9.79. The maximum absolute atomic E-state index is 13.4. The van der Waals surface area contributed by atoms with E-state index in [2.05, 4.69) is 12.1 Å². The Morgan fingerprint density at radius 2 is 1.97 bits per heavy atom. The van der Waals surface area contributed by atoms with Crippen LogP contribution in [0.5, 0.6) is 5.75 Å². The molecule has 2 saturated heterocycles. The standard InChI is InChI=1S/C22H31N3O4/c1-24-14-22(8-9-22)13-18(20(26)23-28)19(24)21(27)25-10-6-15(7-11-25)16-4-3-5-17(12-16)29-2/h3-5,12,15,18-19,28H,6-11,13-14H2,1-2H3,(H,23,26)/t18-,19-/m0/s1. The molecule has 3 fully saturated rings. The van der Waals surface area contributed by atoms with E-state index in [4.69, 9.17) is 4.74 Å². The molecule has 2 heterocycles.